The fourth-order valence-electron chi connectivity index (χ4n) is 2.78. The number of hydrogen-bond acceptors (Lipinski definition) is 5. The molecular formula is C21H18Cl2INO4S. The van der Waals surface area contributed by atoms with Crippen molar-refractivity contribution in [1.29, 1.82) is 0 Å². The minimum atomic E-state index is -0.277. The summed E-state index contributed by atoms with van der Waals surface area (Å²) in [6.07, 6.45) is 1.70. The second-order valence-corrected chi connectivity index (χ2v) is 9.20. The first kappa shape index (κ1) is 23.2. The van der Waals surface area contributed by atoms with Gasteiger partial charge < -0.3 is 9.47 Å². The lowest BCUT2D eigenvalue weighted by atomic mass is 10.1. The number of thioether (sulfide) groups is 1. The van der Waals surface area contributed by atoms with Crippen LogP contribution in [0.2, 0.25) is 10.0 Å². The molecule has 0 saturated carbocycles. The Morgan fingerprint density at radius 3 is 2.50 bits per heavy atom. The molecule has 1 fully saturated rings. The van der Waals surface area contributed by atoms with Crippen LogP contribution in [0.25, 0.3) is 6.08 Å². The van der Waals surface area contributed by atoms with Crippen LogP contribution in [-0.4, -0.2) is 29.2 Å². The molecule has 30 heavy (non-hydrogen) atoms. The van der Waals surface area contributed by atoms with Crippen molar-refractivity contribution in [3.8, 4) is 11.5 Å². The van der Waals surface area contributed by atoms with Crippen LogP contribution in [0.5, 0.6) is 11.5 Å². The number of nitrogens with zero attached hydrogens (tertiary/aromatic N) is 1. The summed E-state index contributed by atoms with van der Waals surface area (Å²) in [5, 5.41) is 0.700. The minimum Gasteiger partial charge on any atom is -0.490 e. The molecule has 2 aromatic carbocycles. The zero-order chi connectivity index (χ0) is 21.8. The van der Waals surface area contributed by atoms with Crippen LogP contribution in [0.15, 0.2) is 35.2 Å². The van der Waals surface area contributed by atoms with Crippen LogP contribution in [0.1, 0.15) is 25.0 Å². The van der Waals surface area contributed by atoms with Gasteiger partial charge in [-0.1, -0.05) is 29.3 Å². The van der Waals surface area contributed by atoms with Gasteiger partial charge >= 0.3 is 0 Å². The number of carbonyl (C=O) groups excluding carboxylic acids is 2. The molecule has 1 saturated heterocycles. The summed E-state index contributed by atoms with van der Waals surface area (Å²) in [4.78, 5) is 25.9. The lowest BCUT2D eigenvalue weighted by Gasteiger charge is -2.15. The third-order valence-electron chi connectivity index (χ3n) is 4.19. The van der Waals surface area contributed by atoms with Gasteiger partial charge in [-0.15, -0.1) is 0 Å². The fourth-order valence-corrected chi connectivity index (χ4v) is 4.79. The highest BCUT2D eigenvalue weighted by Crippen LogP contribution is 2.38. The molecule has 0 unspecified atom stereocenters. The predicted octanol–water partition coefficient (Wildman–Crippen LogP) is 6.63. The van der Waals surface area contributed by atoms with Gasteiger partial charge in [-0.25, -0.2) is 0 Å². The molecule has 3 rings (SSSR count). The lowest BCUT2D eigenvalue weighted by molar-refractivity contribution is -0.122. The molecule has 0 aliphatic carbocycles. The molecule has 0 atom stereocenters. The summed E-state index contributed by atoms with van der Waals surface area (Å²) in [6.45, 7) is 4.76. The van der Waals surface area contributed by atoms with Crippen molar-refractivity contribution in [3.05, 3.63) is 60.0 Å². The molecule has 0 N–H and O–H groups in total. The number of hydrogen-bond donors (Lipinski definition) is 0. The average molecular weight is 578 g/mol. The third kappa shape index (κ3) is 5.25. The van der Waals surface area contributed by atoms with E-state index in [2.05, 4.69) is 22.6 Å². The molecular weight excluding hydrogens is 560 g/mol. The van der Waals surface area contributed by atoms with Crippen LogP contribution in [0, 0.1) is 3.57 Å². The van der Waals surface area contributed by atoms with Gasteiger partial charge in [0.25, 0.3) is 11.1 Å². The number of imide groups is 1. The average Bonchev–Trinajstić information content (AvgIpc) is 2.96. The number of benzene rings is 2. The Labute approximate surface area is 202 Å². The van der Waals surface area contributed by atoms with E-state index in [1.54, 1.807) is 31.2 Å². The summed E-state index contributed by atoms with van der Waals surface area (Å²) < 4.78 is 12.6. The molecule has 2 aromatic rings. The maximum atomic E-state index is 12.4. The zero-order valence-corrected chi connectivity index (χ0v) is 20.7. The lowest BCUT2D eigenvalue weighted by Crippen LogP contribution is -2.27. The van der Waals surface area contributed by atoms with Gasteiger partial charge in [-0.2, -0.15) is 0 Å². The van der Waals surface area contributed by atoms with E-state index in [9.17, 15) is 9.59 Å². The molecule has 5 nitrogen and oxygen atoms in total. The number of ether oxygens (including phenoxy) is 2. The van der Waals surface area contributed by atoms with Gasteiger partial charge in [-0.3, -0.25) is 14.5 Å². The normalized spacial score (nSPS) is 15.2. The predicted molar refractivity (Wildman–Crippen MR) is 129 cm³/mol. The topological polar surface area (TPSA) is 55.8 Å². The second-order valence-electron chi connectivity index (χ2n) is 6.23. The van der Waals surface area contributed by atoms with E-state index in [-0.39, 0.29) is 11.1 Å². The molecule has 2 amide bonds. The highest BCUT2D eigenvalue weighted by molar-refractivity contribution is 14.1. The largest absolute Gasteiger partial charge is 0.490 e. The smallest absolute Gasteiger partial charge is 0.293 e. The number of amides is 2. The quantitative estimate of drug-likeness (QED) is 0.273. The van der Waals surface area contributed by atoms with E-state index in [0.717, 1.165) is 26.5 Å². The van der Waals surface area contributed by atoms with E-state index >= 15 is 0 Å². The minimum absolute atomic E-state index is 0.255. The van der Waals surface area contributed by atoms with Crippen LogP contribution < -0.4 is 9.47 Å². The van der Waals surface area contributed by atoms with Crippen LogP contribution >= 0.6 is 57.6 Å². The van der Waals surface area contributed by atoms with Crippen LogP contribution in [-0.2, 0) is 11.4 Å². The van der Waals surface area contributed by atoms with E-state index < -0.39 is 0 Å². The van der Waals surface area contributed by atoms with Crippen LogP contribution in [0.4, 0.5) is 4.79 Å². The molecule has 158 valence electrons. The third-order valence-corrected chi connectivity index (χ3v) is 6.63. The van der Waals surface area contributed by atoms with Crippen molar-refractivity contribution in [1.82, 2.24) is 4.90 Å². The first-order chi connectivity index (χ1) is 14.3. The van der Waals surface area contributed by atoms with Crippen molar-refractivity contribution in [3.63, 3.8) is 0 Å². The number of carbonyl (C=O) groups is 2. The van der Waals surface area contributed by atoms with Gasteiger partial charge in [0.05, 0.1) is 25.1 Å². The summed E-state index contributed by atoms with van der Waals surface area (Å²) in [6, 6.07) is 9.02. The Kier molecular flexibility index (Phi) is 7.95. The van der Waals surface area contributed by atoms with E-state index in [4.69, 9.17) is 32.7 Å². The SMILES string of the molecule is CCOc1cc(/C=C2/SC(=O)N(CC)C2=O)cc(I)c1OCc1ccc(Cl)c(Cl)c1. The zero-order valence-electron chi connectivity index (χ0n) is 16.2. The maximum absolute atomic E-state index is 12.4. The Balaban J connectivity index is 1.87. The van der Waals surface area contributed by atoms with Crippen molar-refractivity contribution in [2.45, 2.75) is 20.5 Å². The number of likely N-dealkylation sites (N-methyl/N-ethyl adjacent to an activating group) is 1. The summed E-state index contributed by atoms with van der Waals surface area (Å²) in [5.74, 6) is 0.883. The van der Waals surface area contributed by atoms with Gasteiger partial charge in [-0.05, 0) is 89.7 Å². The standard InChI is InChI=1S/C21H18Cl2INO4S/c1-3-25-20(26)18(30-21(25)27)10-13-8-16(24)19(17(9-13)28-4-2)29-11-12-5-6-14(22)15(23)7-12/h5-10H,3-4,11H2,1-2H3/b18-10+. The van der Waals surface area contributed by atoms with Crippen molar-refractivity contribution in [2.24, 2.45) is 0 Å². The summed E-state index contributed by atoms with van der Waals surface area (Å²) in [7, 11) is 0. The molecule has 0 spiro atoms. The van der Waals surface area contributed by atoms with E-state index in [1.807, 2.05) is 19.1 Å². The summed E-state index contributed by atoms with van der Waals surface area (Å²) >= 11 is 15.1. The van der Waals surface area contributed by atoms with Crippen molar-refractivity contribution >= 4 is 74.8 Å². The molecule has 0 radical (unpaired) electrons. The molecule has 9 heteroatoms. The number of halogens is 3. The molecule has 1 heterocycles. The summed E-state index contributed by atoms with van der Waals surface area (Å²) in [5.41, 5.74) is 1.63. The van der Waals surface area contributed by atoms with Crippen molar-refractivity contribution in [2.75, 3.05) is 13.2 Å². The first-order valence-corrected chi connectivity index (χ1v) is 11.8. The highest BCUT2D eigenvalue weighted by atomic mass is 127. The maximum Gasteiger partial charge on any atom is 0.293 e. The van der Waals surface area contributed by atoms with Gasteiger partial charge in [0.2, 0.25) is 0 Å². The first-order valence-electron chi connectivity index (χ1n) is 9.12. The van der Waals surface area contributed by atoms with E-state index in [0.29, 0.717) is 46.2 Å². The van der Waals surface area contributed by atoms with Gasteiger partial charge in [0.15, 0.2) is 11.5 Å². The van der Waals surface area contributed by atoms with Gasteiger partial charge in [0, 0.05) is 6.54 Å². The highest BCUT2D eigenvalue weighted by Gasteiger charge is 2.33. The Morgan fingerprint density at radius 2 is 1.87 bits per heavy atom. The molecule has 1 aliphatic heterocycles. The fraction of sp³-hybridized carbons (Fsp3) is 0.238. The molecule has 0 bridgehead atoms. The Bertz CT molecular complexity index is 1030. The van der Waals surface area contributed by atoms with E-state index in [1.165, 1.54) is 4.90 Å². The van der Waals surface area contributed by atoms with Gasteiger partial charge in [0.1, 0.15) is 6.61 Å². The van der Waals surface area contributed by atoms with Crippen molar-refractivity contribution < 1.29 is 19.1 Å². The monoisotopic (exact) mass is 577 g/mol. The number of rotatable bonds is 7. The Hall–Kier alpha value is -1.42. The Morgan fingerprint density at radius 1 is 1.10 bits per heavy atom. The molecule has 1 aliphatic rings. The molecule has 0 aromatic heterocycles. The van der Waals surface area contributed by atoms with Crippen LogP contribution in [0.3, 0.4) is 0 Å². The second kappa shape index (κ2) is 10.3.